The number of rotatable bonds is 5. The Morgan fingerprint density at radius 2 is 1.00 bits per heavy atom. The van der Waals surface area contributed by atoms with Gasteiger partial charge in [-0.2, -0.15) is 10.2 Å². The molecule has 0 bridgehead atoms. The summed E-state index contributed by atoms with van der Waals surface area (Å²) in [5, 5.41) is 8.83. The smallest absolute Gasteiger partial charge is 0.156 e. The zero-order chi connectivity index (χ0) is 20.8. The SMILES string of the molecule is O=C1C=CC(=NNC2=CC=C(C3=CC=C(NN=C4C=CC(=O)CC4)CC3)CC2)CC1. The van der Waals surface area contributed by atoms with E-state index in [0.29, 0.717) is 25.7 Å². The van der Waals surface area contributed by atoms with E-state index < -0.39 is 0 Å². The fourth-order valence-corrected chi connectivity index (χ4v) is 3.68. The molecule has 4 aliphatic rings. The third-order valence-corrected chi connectivity index (χ3v) is 5.58. The van der Waals surface area contributed by atoms with E-state index in [1.807, 2.05) is 0 Å². The highest BCUT2D eigenvalue weighted by Crippen LogP contribution is 2.29. The summed E-state index contributed by atoms with van der Waals surface area (Å²) in [6, 6.07) is 0. The first-order valence-corrected chi connectivity index (χ1v) is 10.5. The third-order valence-electron chi connectivity index (χ3n) is 5.58. The minimum atomic E-state index is 0.168. The van der Waals surface area contributed by atoms with Crippen molar-refractivity contribution in [2.45, 2.75) is 51.4 Å². The first-order chi connectivity index (χ1) is 14.7. The third kappa shape index (κ3) is 5.41. The molecule has 30 heavy (non-hydrogen) atoms. The molecule has 6 heteroatoms. The van der Waals surface area contributed by atoms with Crippen molar-refractivity contribution in [3.05, 3.63) is 71.1 Å². The average Bonchev–Trinajstić information content (AvgIpc) is 2.79. The molecular weight excluding hydrogens is 376 g/mol. The highest BCUT2D eigenvalue weighted by molar-refractivity contribution is 6.07. The molecule has 4 aliphatic carbocycles. The first-order valence-electron chi connectivity index (χ1n) is 10.5. The number of carbonyl (C=O) groups excluding carboxylic acids is 2. The van der Waals surface area contributed by atoms with E-state index in [9.17, 15) is 9.59 Å². The zero-order valence-electron chi connectivity index (χ0n) is 17.0. The molecule has 0 aliphatic heterocycles. The van der Waals surface area contributed by atoms with Gasteiger partial charge in [0.1, 0.15) is 0 Å². The van der Waals surface area contributed by atoms with E-state index in [1.54, 1.807) is 24.3 Å². The molecule has 0 saturated heterocycles. The van der Waals surface area contributed by atoms with Crippen LogP contribution in [0.1, 0.15) is 51.4 Å². The first kappa shape index (κ1) is 20.0. The summed E-state index contributed by atoms with van der Waals surface area (Å²) in [6.07, 6.45) is 21.7. The Morgan fingerprint density at radius 1 is 0.533 bits per heavy atom. The van der Waals surface area contributed by atoms with Crippen molar-refractivity contribution in [1.29, 1.82) is 0 Å². The Hall–Kier alpha value is -3.28. The van der Waals surface area contributed by atoms with Gasteiger partial charge in [-0.3, -0.25) is 20.4 Å². The molecule has 0 atom stereocenters. The maximum absolute atomic E-state index is 11.2. The number of hydrazone groups is 2. The van der Waals surface area contributed by atoms with Crippen molar-refractivity contribution >= 4 is 23.0 Å². The van der Waals surface area contributed by atoms with E-state index in [4.69, 9.17) is 0 Å². The van der Waals surface area contributed by atoms with Crippen LogP contribution in [0.4, 0.5) is 0 Å². The summed E-state index contributed by atoms with van der Waals surface area (Å²) in [7, 11) is 0. The molecule has 2 N–H and O–H groups in total. The number of ketones is 2. The van der Waals surface area contributed by atoms with Crippen LogP contribution in [0, 0.1) is 0 Å². The predicted molar refractivity (Wildman–Crippen MR) is 119 cm³/mol. The lowest BCUT2D eigenvalue weighted by Crippen LogP contribution is -2.15. The summed E-state index contributed by atoms with van der Waals surface area (Å²) < 4.78 is 0. The molecule has 0 heterocycles. The second-order valence-electron chi connectivity index (χ2n) is 7.80. The molecule has 0 aromatic heterocycles. The van der Waals surface area contributed by atoms with Gasteiger partial charge in [0, 0.05) is 24.2 Å². The topological polar surface area (TPSA) is 82.9 Å². The van der Waals surface area contributed by atoms with Gasteiger partial charge in [0.25, 0.3) is 0 Å². The van der Waals surface area contributed by atoms with Crippen molar-refractivity contribution in [2.75, 3.05) is 0 Å². The van der Waals surface area contributed by atoms with Gasteiger partial charge in [0.05, 0.1) is 11.4 Å². The van der Waals surface area contributed by atoms with Crippen LogP contribution in [0.2, 0.25) is 0 Å². The molecule has 0 amide bonds. The van der Waals surface area contributed by atoms with Crippen molar-refractivity contribution < 1.29 is 9.59 Å². The van der Waals surface area contributed by atoms with Gasteiger partial charge in [-0.05, 0) is 86.1 Å². The zero-order valence-corrected chi connectivity index (χ0v) is 17.0. The quantitative estimate of drug-likeness (QED) is 0.683. The second kappa shape index (κ2) is 9.48. The van der Waals surface area contributed by atoms with Crippen LogP contribution < -0.4 is 10.9 Å². The maximum Gasteiger partial charge on any atom is 0.156 e. The molecule has 0 aromatic carbocycles. The molecule has 0 aromatic rings. The van der Waals surface area contributed by atoms with Crippen molar-refractivity contribution in [2.24, 2.45) is 10.2 Å². The van der Waals surface area contributed by atoms with Crippen molar-refractivity contribution in [1.82, 2.24) is 10.9 Å². The van der Waals surface area contributed by atoms with E-state index in [-0.39, 0.29) is 11.6 Å². The lowest BCUT2D eigenvalue weighted by Gasteiger charge is -2.20. The number of hydrogen-bond acceptors (Lipinski definition) is 6. The molecular formula is C24H26N4O2. The van der Waals surface area contributed by atoms with Crippen LogP contribution in [0.5, 0.6) is 0 Å². The predicted octanol–water partition coefficient (Wildman–Crippen LogP) is 3.92. The van der Waals surface area contributed by atoms with Gasteiger partial charge >= 0.3 is 0 Å². The van der Waals surface area contributed by atoms with Gasteiger partial charge in [-0.25, -0.2) is 0 Å². The molecule has 0 radical (unpaired) electrons. The van der Waals surface area contributed by atoms with Crippen molar-refractivity contribution in [3.8, 4) is 0 Å². The van der Waals surface area contributed by atoms with Gasteiger partial charge in [0.2, 0.25) is 0 Å². The lowest BCUT2D eigenvalue weighted by molar-refractivity contribution is -0.115. The van der Waals surface area contributed by atoms with Crippen LogP contribution in [0.3, 0.4) is 0 Å². The molecule has 0 unspecified atom stereocenters. The Morgan fingerprint density at radius 3 is 1.33 bits per heavy atom. The lowest BCUT2D eigenvalue weighted by atomic mass is 9.90. The van der Waals surface area contributed by atoms with Gasteiger partial charge < -0.3 is 0 Å². The monoisotopic (exact) mass is 402 g/mol. The molecule has 154 valence electrons. The number of allylic oxidation sites excluding steroid dienone is 12. The Labute approximate surface area is 176 Å². The van der Waals surface area contributed by atoms with Crippen LogP contribution in [-0.4, -0.2) is 23.0 Å². The number of nitrogens with zero attached hydrogens (tertiary/aromatic N) is 2. The summed E-state index contributed by atoms with van der Waals surface area (Å²) in [4.78, 5) is 22.5. The molecule has 0 fully saturated rings. The molecule has 4 rings (SSSR count). The maximum atomic E-state index is 11.2. The summed E-state index contributed by atoms with van der Waals surface area (Å²) in [5.41, 5.74) is 13.1. The summed E-state index contributed by atoms with van der Waals surface area (Å²) in [6.45, 7) is 0. The fraction of sp³-hybridized carbons (Fsp3) is 0.333. The van der Waals surface area contributed by atoms with E-state index >= 15 is 0 Å². The number of nitrogens with one attached hydrogen (secondary N) is 2. The Balaban J connectivity index is 1.32. The number of carbonyl (C=O) groups is 2. The van der Waals surface area contributed by atoms with E-state index in [0.717, 1.165) is 48.5 Å². The largest absolute Gasteiger partial charge is 0.295 e. The van der Waals surface area contributed by atoms with E-state index in [1.165, 1.54) is 11.1 Å². The normalized spacial score (nSPS) is 24.4. The summed E-state index contributed by atoms with van der Waals surface area (Å²) >= 11 is 0. The molecule has 6 nitrogen and oxygen atoms in total. The van der Waals surface area contributed by atoms with Crippen LogP contribution in [0.25, 0.3) is 0 Å². The molecule has 0 spiro atoms. The van der Waals surface area contributed by atoms with E-state index in [2.05, 4.69) is 45.4 Å². The Kier molecular flexibility index (Phi) is 6.32. The highest BCUT2D eigenvalue weighted by Gasteiger charge is 2.14. The number of hydrogen-bond donors (Lipinski definition) is 2. The standard InChI is InChI=1S/C24H26N4O2/c29-23-13-9-21(10-14-23)27-25-19-5-1-17(2-6-19)18-3-7-20(8-4-18)26-28-22-11-15-24(30)16-12-22/h1,3,5,7,9,11,13,15,25-26H,2,4,6,8,10,12,14,16H2. The van der Waals surface area contributed by atoms with Crippen LogP contribution in [0.15, 0.2) is 81.4 Å². The second-order valence-corrected chi connectivity index (χ2v) is 7.80. The summed E-state index contributed by atoms with van der Waals surface area (Å²) in [5.74, 6) is 0.336. The molecule has 0 saturated carbocycles. The van der Waals surface area contributed by atoms with Crippen molar-refractivity contribution in [3.63, 3.8) is 0 Å². The fourth-order valence-electron chi connectivity index (χ4n) is 3.68. The minimum Gasteiger partial charge on any atom is -0.295 e. The Bertz CT molecular complexity index is 907. The highest BCUT2D eigenvalue weighted by atomic mass is 16.1. The van der Waals surface area contributed by atoms with Crippen LogP contribution in [-0.2, 0) is 9.59 Å². The van der Waals surface area contributed by atoms with Gasteiger partial charge in [-0.15, -0.1) is 0 Å². The minimum absolute atomic E-state index is 0.168. The van der Waals surface area contributed by atoms with Gasteiger partial charge in [0.15, 0.2) is 11.6 Å². The van der Waals surface area contributed by atoms with Crippen LogP contribution >= 0.6 is 0 Å². The average molecular weight is 402 g/mol. The van der Waals surface area contributed by atoms with Gasteiger partial charge in [-0.1, -0.05) is 12.2 Å².